The number of hydrogen-bond donors (Lipinski definition) is 0. The number of rotatable bonds is 9. The second kappa shape index (κ2) is 10.7. The first-order valence-electron chi connectivity index (χ1n) is 11.9. The molecule has 1 heterocycles. The molecule has 35 heavy (non-hydrogen) atoms. The molecule has 4 rings (SSSR count). The minimum absolute atomic E-state index is 0.134. The molecule has 5 nitrogen and oxygen atoms in total. The Balaban J connectivity index is 1.52. The van der Waals surface area contributed by atoms with Gasteiger partial charge in [0.25, 0.3) is 0 Å². The summed E-state index contributed by atoms with van der Waals surface area (Å²) in [5.74, 6) is 2.04. The van der Waals surface area contributed by atoms with Crippen LogP contribution in [0, 0.1) is 19.7 Å². The molecule has 0 radical (unpaired) electrons. The molecule has 186 valence electrons. The zero-order valence-corrected chi connectivity index (χ0v) is 21.2. The number of hydrogen-bond acceptors (Lipinski definition) is 5. The highest BCUT2D eigenvalue weighted by Crippen LogP contribution is 2.40. The lowest BCUT2D eigenvalue weighted by molar-refractivity contribution is 0.303. The summed E-state index contributed by atoms with van der Waals surface area (Å²) in [6, 6.07) is 14.9. The van der Waals surface area contributed by atoms with Crippen LogP contribution in [-0.2, 0) is 22.9 Å². The average Bonchev–Trinajstić information content (AvgIpc) is 3.01. The van der Waals surface area contributed by atoms with Crippen LogP contribution in [0.25, 0.3) is 11.1 Å². The summed E-state index contributed by atoms with van der Waals surface area (Å²) >= 11 is 0. The molecule has 1 aliphatic rings. The Morgan fingerprint density at radius 3 is 2.57 bits per heavy atom. The van der Waals surface area contributed by atoms with Gasteiger partial charge >= 0.3 is 0 Å². The van der Waals surface area contributed by atoms with Crippen LogP contribution >= 0.6 is 0 Å². The highest BCUT2D eigenvalue weighted by atomic mass is 32.2. The fourth-order valence-corrected chi connectivity index (χ4v) is 5.04. The third kappa shape index (κ3) is 6.14. The molecule has 3 aromatic carbocycles. The van der Waals surface area contributed by atoms with E-state index in [1.54, 1.807) is 26.0 Å². The van der Waals surface area contributed by atoms with Crippen LogP contribution in [0.1, 0.15) is 35.6 Å². The molecule has 0 N–H and O–H groups in total. The van der Waals surface area contributed by atoms with Crippen molar-refractivity contribution < 1.29 is 27.0 Å². The van der Waals surface area contributed by atoms with Gasteiger partial charge in [0.2, 0.25) is 0 Å². The molecule has 0 amide bonds. The smallest absolute Gasteiger partial charge is 0.150 e. The maximum Gasteiger partial charge on any atom is 0.150 e. The van der Waals surface area contributed by atoms with Gasteiger partial charge in [0.15, 0.2) is 0 Å². The van der Waals surface area contributed by atoms with Crippen molar-refractivity contribution in [2.24, 2.45) is 0 Å². The van der Waals surface area contributed by atoms with E-state index >= 15 is 0 Å². The Morgan fingerprint density at radius 2 is 1.80 bits per heavy atom. The zero-order chi connectivity index (χ0) is 25.0. The van der Waals surface area contributed by atoms with Gasteiger partial charge in [0.05, 0.1) is 19.0 Å². The van der Waals surface area contributed by atoms with Gasteiger partial charge in [0.1, 0.15) is 39.5 Å². The first kappa shape index (κ1) is 25.0. The molecule has 0 bridgehead atoms. The van der Waals surface area contributed by atoms with Crippen LogP contribution in [0.4, 0.5) is 4.39 Å². The summed E-state index contributed by atoms with van der Waals surface area (Å²) in [7, 11) is -2.99. The second-order valence-corrected chi connectivity index (χ2v) is 11.3. The lowest BCUT2D eigenvalue weighted by Gasteiger charge is -2.16. The van der Waals surface area contributed by atoms with Gasteiger partial charge in [-0.2, -0.15) is 0 Å². The van der Waals surface area contributed by atoms with Crippen LogP contribution in [-0.4, -0.2) is 33.1 Å². The summed E-state index contributed by atoms with van der Waals surface area (Å²) in [5, 5.41) is 0. The van der Waals surface area contributed by atoms with Gasteiger partial charge in [0, 0.05) is 23.8 Å². The number of benzene rings is 3. The van der Waals surface area contributed by atoms with Crippen molar-refractivity contribution in [3.63, 3.8) is 0 Å². The monoisotopic (exact) mass is 498 g/mol. The van der Waals surface area contributed by atoms with Crippen LogP contribution < -0.4 is 14.2 Å². The van der Waals surface area contributed by atoms with E-state index < -0.39 is 9.84 Å². The summed E-state index contributed by atoms with van der Waals surface area (Å²) in [5.41, 5.74) is 5.83. The normalized spacial score (nSPS) is 12.8. The summed E-state index contributed by atoms with van der Waals surface area (Å²) in [6.45, 7) is 6.64. The van der Waals surface area contributed by atoms with E-state index in [2.05, 4.69) is 6.07 Å². The summed E-state index contributed by atoms with van der Waals surface area (Å²) in [4.78, 5) is 0. The second-order valence-electron chi connectivity index (χ2n) is 8.84. The Kier molecular flexibility index (Phi) is 7.65. The minimum atomic E-state index is -2.99. The average molecular weight is 499 g/mol. The van der Waals surface area contributed by atoms with Crippen molar-refractivity contribution in [1.82, 2.24) is 0 Å². The molecule has 0 aromatic heterocycles. The fraction of sp³-hybridized carbons (Fsp3) is 0.357. The van der Waals surface area contributed by atoms with E-state index in [0.29, 0.717) is 37.6 Å². The molecule has 3 aromatic rings. The number of fused-ring (bicyclic) bond motifs is 3. The van der Waals surface area contributed by atoms with Gasteiger partial charge in [-0.25, -0.2) is 12.8 Å². The van der Waals surface area contributed by atoms with Crippen molar-refractivity contribution in [1.29, 1.82) is 0 Å². The van der Waals surface area contributed by atoms with Crippen molar-refractivity contribution in [2.45, 2.75) is 40.2 Å². The van der Waals surface area contributed by atoms with Crippen LogP contribution in [0.15, 0.2) is 48.5 Å². The molecule has 0 spiro atoms. The Labute approximate surface area is 206 Å². The predicted octanol–water partition coefficient (Wildman–Crippen LogP) is 5.83. The molecule has 0 fully saturated rings. The molecular formula is C28H31FO5S. The van der Waals surface area contributed by atoms with E-state index in [4.69, 9.17) is 14.2 Å². The third-order valence-electron chi connectivity index (χ3n) is 6.19. The molecule has 0 atom stereocenters. The molecule has 0 saturated carbocycles. The maximum atomic E-state index is 13.9. The Bertz CT molecular complexity index is 1320. The molecule has 1 aliphatic heterocycles. The van der Waals surface area contributed by atoms with Crippen molar-refractivity contribution in [3.05, 3.63) is 76.6 Å². The quantitative estimate of drug-likeness (QED) is 0.348. The topological polar surface area (TPSA) is 61.8 Å². The first-order chi connectivity index (χ1) is 16.8. The first-order valence-corrected chi connectivity index (χ1v) is 13.7. The maximum absolute atomic E-state index is 13.9. The fourth-order valence-electron chi connectivity index (χ4n) is 4.19. The lowest BCUT2D eigenvalue weighted by Crippen LogP contribution is -2.12. The van der Waals surface area contributed by atoms with Gasteiger partial charge in [-0.05, 0) is 78.4 Å². The van der Waals surface area contributed by atoms with Crippen LogP contribution in [0.2, 0.25) is 0 Å². The van der Waals surface area contributed by atoms with Crippen molar-refractivity contribution >= 4 is 9.84 Å². The molecule has 0 unspecified atom stereocenters. The van der Waals surface area contributed by atoms with Gasteiger partial charge < -0.3 is 14.2 Å². The van der Waals surface area contributed by atoms with E-state index in [0.717, 1.165) is 45.7 Å². The minimum Gasteiger partial charge on any atom is -0.494 e. The summed E-state index contributed by atoms with van der Waals surface area (Å²) in [6.07, 6.45) is 1.20. The van der Waals surface area contributed by atoms with E-state index in [-0.39, 0.29) is 17.3 Å². The summed E-state index contributed by atoms with van der Waals surface area (Å²) < 4.78 is 55.0. The molecule has 7 heteroatoms. The Hall–Kier alpha value is -3.06. The van der Waals surface area contributed by atoms with Crippen LogP contribution in [0.3, 0.4) is 0 Å². The predicted molar refractivity (Wildman–Crippen MR) is 136 cm³/mol. The number of halogens is 1. The van der Waals surface area contributed by atoms with Crippen LogP contribution in [0.5, 0.6) is 17.2 Å². The van der Waals surface area contributed by atoms with E-state index in [9.17, 15) is 12.8 Å². The highest BCUT2D eigenvalue weighted by molar-refractivity contribution is 7.91. The number of aryl methyl sites for hydroxylation is 2. The van der Waals surface area contributed by atoms with Crippen molar-refractivity contribution in [2.75, 3.05) is 24.7 Å². The molecule has 0 saturated heterocycles. The zero-order valence-electron chi connectivity index (χ0n) is 20.4. The number of sulfone groups is 1. The number of ether oxygens (including phenoxy) is 3. The van der Waals surface area contributed by atoms with E-state index in [1.165, 1.54) is 6.07 Å². The lowest BCUT2D eigenvalue weighted by atomic mass is 9.92. The SMILES string of the molecule is CCS(=O)(=O)CCCOc1cc(C)c2c(c1)CCOc1ccc(COc3ccc(C)c(F)c3)cc1-2. The third-order valence-corrected chi connectivity index (χ3v) is 7.98. The largest absolute Gasteiger partial charge is 0.494 e. The molecule has 0 aliphatic carbocycles. The van der Waals surface area contributed by atoms with Crippen molar-refractivity contribution in [3.8, 4) is 28.4 Å². The molecular weight excluding hydrogens is 467 g/mol. The van der Waals surface area contributed by atoms with Gasteiger partial charge in [-0.15, -0.1) is 0 Å². The Morgan fingerprint density at radius 1 is 0.971 bits per heavy atom. The van der Waals surface area contributed by atoms with Gasteiger partial charge in [-0.1, -0.05) is 19.1 Å². The highest BCUT2D eigenvalue weighted by Gasteiger charge is 2.20. The standard InChI is InChI=1S/C28H31FO5S/c1-4-35(30,31)13-5-11-32-24-14-20(3)28-22(16-24)10-12-33-27-9-7-21(15-25(27)28)18-34-23-8-6-19(2)26(29)17-23/h6-9,14-17H,4-5,10-13,18H2,1-3H3. The van der Waals surface area contributed by atoms with Gasteiger partial charge in [-0.3, -0.25) is 0 Å². The van der Waals surface area contributed by atoms with E-state index in [1.807, 2.05) is 31.2 Å².